The molecule has 0 saturated carbocycles. The number of hydrogen-bond acceptors (Lipinski definition) is 9. The molecule has 6 rings (SSSR count). The number of nitriles is 1. The van der Waals surface area contributed by atoms with Crippen molar-refractivity contribution >= 4 is 34.0 Å². The number of piperidine rings is 1. The summed E-state index contributed by atoms with van der Waals surface area (Å²) in [5.41, 5.74) is 1.50. The van der Waals surface area contributed by atoms with Crippen molar-refractivity contribution in [1.82, 2.24) is 25.2 Å². The van der Waals surface area contributed by atoms with Crippen LogP contribution in [0.25, 0.3) is 22.2 Å². The van der Waals surface area contributed by atoms with Crippen LogP contribution < -0.4 is 20.7 Å². The number of rotatable bonds is 5. The van der Waals surface area contributed by atoms with E-state index in [-0.39, 0.29) is 46.7 Å². The Morgan fingerprint density at radius 1 is 1.23 bits per heavy atom. The molecule has 234 valence electrons. The van der Waals surface area contributed by atoms with Gasteiger partial charge in [0.15, 0.2) is 5.82 Å². The van der Waals surface area contributed by atoms with Gasteiger partial charge in [0.2, 0.25) is 0 Å². The van der Waals surface area contributed by atoms with Gasteiger partial charge < -0.3 is 25.6 Å². The number of nitrogens with one attached hydrogen (secondary N) is 1. The van der Waals surface area contributed by atoms with Crippen molar-refractivity contribution in [1.29, 1.82) is 5.26 Å². The monoisotopic (exact) mass is 632 g/mol. The number of ether oxygens (including phenoxy) is 1. The maximum absolute atomic E-state index is 16.6. The molecule has 0 amide bonds. The van der Waals surface area contributed by atoms with Gasteiger partial charge in [-0.05, 0) is 44.8 Å². The number of anilines is 2. The summed E-state index contributed by atoms with van der Waals surface area (Å²) < 4.78 is 65.6. The molecule has 3 aliphatic heterocycles. The number of halogens is 5. The molecule has 5 heterocycles. The van der Waals surface area contributed by atoms with Crippen LogP contribution >= 0.6 is 11.6 Å². The highest BCUT2D eigenvalue weighted by molar-refractivity contribution is 6.32. The summed E-state index contributed by atoms with van der Waals surface area (Å²) in [4.78, 5) is 17.5. The van der Waals surface area contributed by atoms with Crippen molar-refractivity contribution in [3.8, 4) is 23.3 Å². The predicted molar refractivity (Wildman–Crippen MR) is 159 cm³/mol. The average Bonchev–Trinajstić information content (AvgIpc) is 3.30. The van der Waals surface area contributed by atoms with Gasteiger partial charge in [0.05, 0.1) is 33.8 Å². The molecule has 3 saturated heterocycles. The molecule has 3 aromatic rings. The van der Waals surface area contributed by atoms with Crippen LogP contribution in [0.3, 0.4) is 0 Å². The van der Waals surface area contributed by atoms with Gasteiger partial charge in [-0.25, -0.2) is 4.39 Å². The zero-order chi connectivity index (χ0) is 31.6. The van der Waals surface area contributed by atoms with E-state index in [1.165, 1.54) is 6.20 Å². The molecular weight excluding hydrogens is 600 g/mol. The molecular formula is C30H33ClF4N8O. The van der Waals surface area contributed by atoms with E-state index in [1.807, 2.05) is 11.9 Å². The highest BCUT2D eigenvalue weighted by Gasteiger charge is 2.41. The summed E-state index contributed by atoms with van der Waals surface area (Å²) in [6.07, 6.45) is -0.824. The van der Waals surface area contributed by atoms with Crippen LogP contribution in [0, 0.1) is 28.5 Å². The number of aromatic nitrogens is 3. The number of pyridine rings is 1. The van der Waals surface area contributed by atoms with Crippen molar-refractivity contribution in [2.45, 2.75) is 51.4 Å². The zero-order valence-electron chi connectivity index (χ0n) is 24.6. The summed E-state index contributed by atoms with van der Waals surface area (Å²) >= 11 is 5.98. The number of nitrogen functional groups attached to an aromatic ring is 1. The second-order valence-corrected chi connectivity index (χ2v) is 13.0. The fourth-order valence-corrected chi connectivity index (χ4v) is 7.13. The SMILES string of the molecule is C[C@H]1CCN(C)C[C@@]1(C)COc1nc(N2C[C@H]3CC[C@@H](C2)N3)c2cnc(-c3c(C#N)c(N)cc(Cl)c3C(F)(F)F)c(F)c2n1. The minimum Gasteiger partial charge on any atom is -0.463 e. The Morgan fingerprint density at radius 2 is 1.93 bits per heavy atom. The average molecular weight is 633 g/mol. The van der Waals surface area contributed by atoms with E-state index >= 15 is 4.39 Å². The largest absolute Gasteiger partial charge is 0.463 e. The first-order valence-electron chi connectivity index (χ1n) is 14.6. The van der Waals surface area contributed by atoms with Crippen LogP contribution in [-0.2, 0) is 6.18 Å². The number of nitrogens with zero attached hydrogens (tertiary/aromatic N) is 6. The lowest BCUT2D eigenvalue weighted by molar-refractivity contribution is -0.137. The summed E-state index contributed by atoms with van der Waals surface area (Å²) in [5, 5.41) is 12.8. The number of fused-ring (bicyclic) bond motifs is 3. The van der Waals surface area contributed by atoms with Crippen LogP contribution in [0.4, 0.5) is 29.1 Å². The van der Waals surface area contributed by atoms with Crippen LogP contribution in [0.1, 0.15) is 44.2 Å². The Labute approximate surface area is 257 Å². The van der Waals surface area contributed by atoms with E-state index in [9.17, 15) is 18.4 Å². The number of likely N-dealkylation sites (tertiary alicyclic amines) is 1. The van der Waals surface area contributed by atoms with E-state index in [4.69, 9.17) is 27.1 Å². The first-order valence-corrected chi connectivity index (χ1v) is 14.9. The van der Waals surface area contributed by atoms with Gasteiger partial charge in [-0.3, -0.25) is 4.98 Å². The Morgan fingerprint density at radius 3 is 2.59 bits per heavy atom. The fraction of sp³-hybridized carbons (Fsp3) is 0.533. The number of benzene rings is 1. The van der Waals surface area contributed by atoms with Crippen molar-refractivity contribution in [2.24, 2.45) is 11.3 Å². The molecule has 0 radical (unpaired) electrons. The van der Waals surface area contributed by atoms with Crippen LogP contribution in [0.5, 0.6) is 6.01 Å². The molecule has 14 heteroatoms. The molecule has 0 unspecified atom stereocenters. The number of hydrogen-bond donors (Lipinski definition) is 2. The smallest absolute Gasteiger partial charge is 0.418 e. The van der Waals surface area contributed by atoms with Gasteiger partial charge in [0, 0.05) is 48.9 Å². The van der Waals surface area contributed by atoms with E-state index in [0.29, 0.717) is 24.8 Å². The van der Waals surface area contributed by atoms with E-state index in [0.717, 1.165) is 38.4 Å². The zero-order valence-corrected chi connectivity index (χ0v) is 25.4. The topological polar surface area (TPSA) is 116 Å². The third-order valence-corrected chi connectivity index (χ3v) is 9.70. The third-order valence-electron chi connectivity index (χ3n) is 9.40. The van der Waals surface area contributed by atoms with Crippen LogP contribution in [0.15, 0.2) is 12.3 Å². The normalized spacial score (nSPS) is 25.8. The molecule has 0 spiro atoms. The minimum atomic E-state index is -5.03. The lowest BCUT2D eigenvalue weighted by Crippen LogP contribution is -2.51. The van der Waals surface area contributed by atoms with E-state index in [2.05, 4.69) is 34.0 Å². The molecule has 44 heavy (non-hydrogen) atoms. The van der Waals surface area contributed by atoms with Gasteiger partial charge in [-0.2, -0.15) is 28.4 Å². The van der Waals surface area contributed by atoms with E-state index < -0.39 is 39.4 Å². The molecule has 9 nitrogen and oxygen atoms in total. The first kappa shape index (κ1) is 30.6. The van der Waals surface area contributed by atoms with Gasteiger partial charge in [0.1, 0.15) is 23.1 Å². The molecule has 3 aliphatic rings. The van der Waals surface area contributed by atoms with Gasteiger partial charge in [0.25, 0.3) is 0 Å². The van der Waals surface area contributed by atoms with Crippen molar-refractivity contribution < 1.29 is 22.3 Å². The molecule has 2 bridgehead atoms. The molecule has 3 fully saturated rings. The van der Waals surface area contributed by atoms with Gasteiger partial charge in [-0.15, -0.1) is 0 Å². The highest BCUT2D eigenvalue weighted by Crippen LogP contribution is 2.46. The second-order valence-electron chi connectivity index (χ2n) is 12.6. The molecule has 3 N–H and O–H groups in total. The maximum Gasteiger partial charge on any atom is 0.418 e. The van der Waals surface area contributed by atoms with E-state index in [1.54, 1.807) is 6.07 Å². The Balaban J connectivity index is 1.52. The molecule has 1 aromatic carbocycles. The number of piperazine rings is 1. The second kappa shape index (κ2) is 11.2. The van der Waals surface area contributed by atoms with Gasteiger partial charge >= 0.3 is 12.2 Å². The molecule has 0 aliphatic carbocycles. The summed E-state index contributed by atoms with van der Waals surface area (Å²) in [6.45, 7) is 7.51. The Hall–Kier alpha value is -3.47. The van der Waals surface area contributed by atoms with Crippen LogP contribution in [-0.4, -0.2) is 71.8 Å². The number of alkyl halides is 3. The Kier molecular flexibility index (Phi) is 7.75. The fourth-order valence-electron chi connectivity index (χ4n) is 6.81. The first-order chi connectivity index (χ1) is 20.8. The van der Waals surface area contributed by atoms with Crippen molar-refractivity contribution in [3.63, 3.8) is 0 Å². The van der Waals surface area contributed by atoms with Gasteiger partial charge in [-0.1, -0.05) is 25.4 Å². The quantitative estimate of drug-likeness (QED) is 0.287. The standard InChI is InChI=1S/C30H33ClF4N8O/c1-15-6-7-42(3)13-29(15,2)14-44-28-40-25-19(27(41-28)43-11-16-4-5-17(12-43)39-16)10-38-26(24(25)32)22-18(9-36)21(37)8-20(31)23(22)30(33,34)35/h8,10,15-17,39H,4-7,11-14,37H2,1-3H3/t15-,16-,17+,29-/m0/s1. The lowest BCUT2D eigenvalue weighted by atomic mass is 9.74. The highest BCUT2D eigenvalue weighted by atomic mass is 35.5. The van der Waals surface area contributed by atoms with Crippen molar-refractivity contribution in [3.05, 3.63) is 34.2 Å². The number of nitrogens with two attached hydrogens (primary N) is 1. The molecule has 2 aromatic heterocycles. The summed E-state index contributed by atoms with van der Waals surface area (Å²) in [6, 6.07) is 2.86. The minimum absolute atomic E-state index is 0.0850. The summed E-state index contributed by atoms with van der Waals surface area (Å²) in [5.74, 6) is -0.425. The summed E-state index contributed by atoms with van der Waals surface area (Å²) in [7, 11) is 2.05. The molecule has 4 atom stereocenters. The lowest BCUT2D eigenvalue weighted by Gasteiger charge is -2.43. The predicted octanol–water partition coefficient (Wildman–Crippen LogP) is 5.25. The third kappa shape index (κ3) is 5.37. The van der Waals surface area contributed by atoms with Crippen LogP contribution in [0.2, 0.25) is 5.02 Å². The van der Waals surface area contributed by atoms with Crippen molar-refractivity contribution in [2.75, 3.05) is 50.5 Å². The maximum atomic E-state index is 16.6. The Bertz CT molecular complexity index is 1650.